The van der Waals surface area contributed by atoms with E-state index < -0.39 is 0 Å². The van der Waals surface area contributed by atoms with Gasteiger partial charge in [-0.1, -0.05) is 23.2 Å². The van der Waals surface area contributed by atoms with Gasteiger partial charge in [0.05, 0.1) is 10.0 Å². The molecule has 0 atom stereocenters. The highest BCUT2D eigenvalue weighted by Gasteiger charge is 2.22. The van der Waals surface area contributed by atoms with Crippen LogP contribution in [0.1, 0.15) is 13.8 Å². The minimum absolute atomic E-state index is 0.105. The normalized spacial score (nSPS) is 15.4. The topological polar surface area (TPSA) is 48.5 Å². The highest BCUT2D eigenvalue weighted by molar-refractivity contribution is 6.37. The number of pyridine rings is 1. The Kier molecular flexibility index (Phi) is 4.94. The zero-order valence-corrected chi connectivity index (χ0v) is 13.1. The second kappa shape index (κ2) is 6.50. The quantitative estimate of drug-likeness (QED) is 0.930. The molecule has 0 aromatic carbocycles. The van der Waals surface area contributed by atoms with E-state index in [0.717, 1.165) is 25.5 Å². The van der Waals surface area contributed by atoms with Gasteiger partial charge in [0.15, 0.2) is 0 Å². The van der Waals surface area contributed by atoms with Gasteiger partial charge in [0, 0.05) is 39.6 Å². The lowest BCUT2D eigenvalue weighted by molar-refractivity contribution is -0.129. The number of aromatic nitrogens is 1. The Labute approximate surface area is 128 Å². The standard InChI is InChI=1S/C13H18Cl2N4O/c1-3-16-12-10(14)8-11(15)13(17-12)19-6-4-18(5-7-19)9(2)20/h8H,3-7H2,1-2H3,(H,16,17). The molecule has 1 aliphatic rings. The van der Waals surface area contributed by atoms with Crippen molar-refractivity contribution in [2.24, 2.45) is 0 Å². The van der Waals surface area contributed by atoms with Crippen molar-refractivity contribution in [2.75, 3.05) is 42.9 Å². The minimum Gasteiger partial charge on any atom is -0.369 e. The van der Waals surface area contributed by atoms with Crippen LogP contribution < -0.4 is 10.2 Å². The van der Waals surface area contributed by atoms with Crippen LogP contribution >= 0.6 is 23.2 Å². The van der Waals surface area contributed by atoms with Gasteiger partial charge < -0.3 is 15.1 Å². The summed E-state index contributed by atoms with van der Waals surface area (Å²) in [6.07, 6.45) is 0. The molecule has 7 heteroatoms. The number of carbonyl (C=O) groups excluding carboxylic acids is 1. The third-order valence-corrected chi connectivity index (χ3v) is 3.85. The van der Waals surface area contributed by atoms with Gasteiger partial charge in [-0.25, -0.2) is 4.98 Å². The van der Waals surface area contributed by atoms with Gasteiger partial charge in [0.2, 0.25) is 5.91 Å². The Morgan fingerprint density at radius 3 is 2.50 bits per heavy atom. The van der Waals surface area contributed by atoms with E-state index in [-0.39, 0.29) is 5.91 Å². The summed E-state index contributed by atoms with van der Waals surface area (Å²) in [5.41, 5.74) is 0. The number of carbonyl (C=O) groups is 1. The van der Waals surface area contributed by atoms with Crippen molar-refractivity contribution in [3.8, 4) is 0 Å². The molecule has 1 aromatic rings. The first kappa shape index (κ1) is 15.2. The monoisotopic (exact) mass is 316 g/mol. The van der Waals surface area contributed by atoms with E-state index in [1.54, 1.807) is 13.0 Å². The van der Waals surface area contributed by atoms with Crippen molar-refractivity contribution in [3.05, 3.63) is 16.1 Å². The molecule has 0 spiro atoms. The van der Waals surface area contributed by atoms with Crippen LogP contribution in [-0.2, 0) is 4.79 Å². The predicted octanol–water partition coefficient (Wildman–Crippen LogP) is 2.49. The number of hydrogen-bond donors (Lipinski definition) is 1. The lowest BCUT2D eigenvalue weighted by Crippen LogP contribution is -2.48. The number of hydrogen-bond acceptors (Lipinski definition) is 4. The molecular weight excluding hydrogens is 299 g/mol. The van der Waals surface area contributed by atoms with Crippen molar-refractivity contribution in [1.82, 2.24) is 9.88 Å². The van der Waals surface area contributed by atoms with Gasteiger partial charge in [0.25, 0.3) is 0 Å². The van der Waals surface area contributed by atoms with Crippen LogP contribution in [0.5, 0.6) is 0 Å². The summed E-state index contributed by atoms with van der Waals surface area (Å²) in [7, 11) is 0. The van der Waals surface area contributed by atoms with Crippen LogP contribution in [0, 0.1) is 0 Å². The lowest BCUT2D eigenvalue weighted by Gasteiger charge is -2.35. The third-order valence-electron chi connectivity index (χ3n) is 3.28. The molecule has 5 nitrogen and oxygen atoms in total. The largest absolute Gasteiger partial charge is 0.369 e. The fourth-order valence-electron chi connectivity index (χ4n) is 2.20. The molecule has 1 N–H and O–H groups in total. The maximum absolute atomic E-state index is 11.3. The van der Waals surface area contributed by atoms with Gasteiger partial charge in [-0.3, -0.25) is 4.79 Å². The molecule has 0 saturated carbocycles. The van der Waals surface area contributed by atoms with Gasteiger partial charge in [-0.2, -0.15) is 0 Å². The van der Waals surface area contributed by atoms with Crippen LogP contribution in [0.4, 0.5) is 11.6 Å². The van der Waals surface area contributed by atoms with Crippen LogP contribution in [0.3, 0.4) is 0 Å². The van der Waals surface area contributed by atoms with E-state index in [9.17, 15) is 4.79 Å². The van der Waals surface area contributed by atoms with Gasteiger partial charge in [0.1, 0.15) is 11.6 Å². The first-order valence-electron chi connectivity index (χ1n) is 6.63. The highest BCUT2D eigenvalue weighted by atomic mass is 35.5. The van der Waals surface area contributed by atoms with Crippen molar-refractivity contribution >= 4 is 40.7 Å². The number of amides is 1. The summed E-state index contributed by atoms with van der Waals surface area (Å²) >= 11 is 12.3. The van der Waals surface area contributed by atoms with Crippen molar-refractivity contribution in [2.45, 2.75) is 13.8 Å². The molecule has 2 rings (SSSR count). The fourth-order valence-corrected chi connectivity index (χ4v) is 2.75. The highest BCUT2D eigenvalue weighted by Crippen LogP contribution is 2.31. The summed E-state index contributed by atoms with van der Waals surface area (Å²) in [5, 5.41) is 4.17. The molecule has 1 fully saturated rings. The Morgan fingerprint density at radius 1 is 1.30 bits per heavy atom. The first-order chi connectivity index (χ1) is 9.52. The predicted molar refractivity (Wildman–Crippen MR) is 82.9 cm³/mol. The average Bonchev–Trinajstić information content (AvgIpc) is 2.42. The van der Waals surface area contributed by atoms with Crippen molar-refractivity contribution in [3.63, 3.8) is 0 Å². The van der Waals surface area contributed by atoms with Crippen molar-refractivity contribution in [1.29, 1.82) is 0 Å². The Balaban J connectivity index is 2.17. The Bertz CT molecular complexity index is 501. The lowest BCUT2D eigenvalue weighted by atomic mass is 10.3. The van der Waals surface area contributed by atoms with E-state index in [0.29, 0.717) is 29.0 Å². The third kappa shape index (κ3) is 3.27. The second-order valence-corrected chi connectivity index (χ2v) is 5.46. The number of nitrogens with zero attached hydrogens (tertiary/aromatic N) is 3. The minimum atomic E-state index is 0.105. The molecular formula is C13H18Cl2N4O. The van der Waals surface area contributed by atoms with E-state index in [1.165, 1.54) is 0 Å². The number of piperazine rings is 1. The summed E-state index contributed by atoms with van der Waals surface area (Å²) in [6.45, 7) is 7.13. The average molecular weight is 317 g/mol. The SMILES string of the molecule is CCNc1nc(N2CCN(C(C)=O)CC2)c(Cl)cc1Cl. The molecule has 0 radical (unpaired) electrons. The number of anilines is 2. The Morgan fingerprint density at radius 2 is 1.95 bits per heavy atom. The maximum atomic E-state index is 11.3. The molecule has 1 saturated heterocycles. The molecule has 110 valence electrons. The van der Waals surface area contributed by atoms with Crippen LogP contribution in [-0.4, -0.2) is 48.5 Å². The smallest absolute Gasteiger partial charge is 0.219 e. The summed E-state index contributed by atoms with van der Waals surface area (Å²) in [4.78, 5) is 19.7. The molecule has 0 bridgehead atoms. The molecule has 0 unspecified atom stereocenters. The van der Waals surface area contributed by atoms with Gasteiger partial charge in [-0.15, -0.1) is 0 Å². The summed E-state index contributed by atoms with van der Waals surface area (Å²) in [6, 6.07) is 1.71. The molecule has 1 aliphatic heterocycles. The molecule has 2 heterocycles. The number of rotatable bonds is 3. The van der Waals surface area contributed by atoms with E-state index >= 15 is 0 Å². The number of halogens is 2. The zero-order chi connectivity index (χ0) is 14.7. The molecule has 0 aliphatic carbocycles. The molecule has 1 amide bonds. The fraction of sp³-hybridized carbons (Fsp3) is 0.538. The molecule has 20 heavy (non-hydrogen) atoms. The first-order valence-corrected chi connectivity index (χ1v) is 7.39. The molecule has 1 aromatic heterocycles. The van der Waals surface area contributed by atoms with Crippen LogP contribution in [0.15, 0.2) is 6.07 Å². The van der Waals surface area contributed by atoms with E-state index in [4.69, 9.17) is 23.2 Å². The van der Waals surface area contributed by atoms with E-state index in [2.05, 4.69) is 15.2 Å². The van der Waals surface area contributed by atoms with Crippen molar-refractivity contribution < 1.29 is 4.79 Å². The summed E-state index contributed by atoms with van der Waals surface area (Å²) < 4.78 is 0. The van der Waals surface area contributed by atoms with Gasteiger partial charge in [-0.05, 0) is 13.0 Å². The van der Waals surface area contributed by atoms with E-state index in [1.807, 2.05) is 11.8 Å². The number of nitrogens with one attached hydrogen (secondary N) is 1. The maximum Gasteiger partial charge on any atom is 0.219 e. The van der Waals surface area contributed by atoms with Crippen LogP contribution in [0.25, 0.3) is 0 Å². The zero-order valence-electron chi connectivity index (χ0n) is 11.6. The Hall–Kier alpha value is -1.20. The summed E-state index contributed by atoms with van der Waals surface area (Å²) in [5.74, 6) is 1.46. The van der Waals surface area contributed by atoms with Crippen LogP contribution in [0.2, 0.25) is 10.0 Å². The second-order valence-electron chi connectivity index (χ2n) is 4.65. The van der Waals surface area contributed by atoms with Gasteiger partial charge >= 0.3 is 0 Å².